The van der Waals surface area contributed by atoms with Crippen LogP contribution in [0.3, 0.4) is 0 Å². The Morgan fingerprint density at radius 1 is 1.19 bits per heavy atom. The lowest BCUT2D eigenvalue weighted by Crippen LogP contribution is -2.34. The van der Waals surface area contributed by atoms with Crippen LogP contribution in [0.5, 0.6) is 5.75 Å². The average molecular weight is 370 g/mol. The molecular weight excluding hydrogens is 340 g/mol. The highest BCUT2D eigenvalue weighted by Crippen LogP contribution is 2.31. The summed E-state index contributed by atoms with van der Waals surface area (Å²) in [6.07, 6.45) is 2.61. The Hall–Kier alpha value is -2.34. The molecule has 0 aliphatic carbocycles. The lowest BCUT2D eigenvalue weighted by Gasteiger charge is -2.28. The van der Waals surface area contributed by atoms with Crippen LogP contribution in [0.25, 0.3) is 0 Å². The van der Waals surface area contributed by atoms with E-state index in [1.54, 1.807) is 7.11 Å². The summed E-state index contributed by atoms with van der Waals surface area (Å²) in [5.74, 6) is 1.91. The molecule has 27 heavy (non-hydrogen) atoms. The molecule has 1 fully saturated rings. The molecular formula is C21H30N4O2. The number of amides is 1. The maximum Gasteiger partial charge on any atom is 0.238 e. The lowest BCUT2D eigenvalue weighted by molar-refractivity contribution is -0.128. The van der Waals surface area contributed by atoms with Gasteiger partial charge in [-0.1, -0.05) is 32.9 Å². The summed E-state index contributed by atoms with van der Waals surface area (Å²) in [4.78, 5) is 21.3. The molecule has 0 N–H and O–H groups in total. The smallest absolute Gasteiger partial charge is 0.238 e. The number of rotatable bonds is 5. The largest absolute Gasteiger partial charge is 0.497 e. The van der Waals surface area contributed by atoms with Gasteiger partial charge in [-0.3, -0.25) is 9.69 Å². The normalized spacial score (nSPS) is 18.4. The van der Waals surface area contributed by atoms with Gasteiger partial charge in [-0.15, -0.1) is 0 Å². The molecule has 2 aromatic rings. The lowest BCUT2D eigenvalue weighted by atomic mass is 9.93. The maximum atomic E-state index is 12.6. The number of benzene rings is 1. The van der Waals surface area contributed by atoms with E-state index in [2.05, 4.69) is 47.4 Å². The summed E-state index contributed by atoms with van der Waals surface area (Å²) in [5.41, 5.74) is 2.36. The van der Waals surface area contributed by atoms with Crippen molar-refractivity contribution in [2.24, 2.45) is 7.05 Å². The van der Waals surface area contributed by atoms with Crippen LogP contribution in [0.15, 0.2) is 30.5 Å². The van der Waals surface area contributed by atoms with Crippen molar-refractivity contribution in [1.82, 2.24) is 19.4 Å². The summed E-state index contributed by atoms with van der Waals surface area (Å²) in [5, 5.41) is 0. The molecule has 1 aromatic heterocycles. The van der Waals surface area contributed by atoms with Crippen molar-refractivity contribution < 1.29 is 9.53 Å². The van der Waals surface area contributed by atoms with Gasteiger partial charge in [0.05, 0.1) is 13.7 Å². The van der Waals surface area contributed by atoms with Crippen molar-refractivity contribution in [3.05, 3.63) is 47.5 Å². The van der Waals surface area contributed by atoms with Gasteiger partial charge in [0.25, 0.3) is 0 Å². The molecule has 6 heteroatoms. The van der Waals surface area contributed by atoms with E-state index in [9.17, 15) is 4.79 Å². The van der Waals surface area contributed by atoms with Gasteiger partial charge in [-0.2, -0.15) is 0 Å². The van der Waals surface area contributed by atoms with Crippen molar-refractivity contribution in [3.8, 4) is 5.75 Å². The molecule has 0 radical (unpaired) electrons. The standard InChI is InChI=1S/C21H30N4O2/c1-21(2,3)17-13-22-19(24(17)5)20-23(4)14-18(26)25(20)12-11-15-7-9-16(27-6)10-8-15/h7-10,13,20H,11-12,14H2,1-6H3. The van der Waals surface area contributed by atoms with Gasteiger partial charge in [0.2, 0.25) is 5.91 Å². The topological polar surface area (TPSA) is 50.6 Å². The summed E-state index contributed by atoms with van der Waals surface area (Å²) in [7, 11) is 5.69. The number of hydrogen-bond donors (Lipinski definition) is 0. The second-order valence-corrected chi connectivity index (χ2v) is 8.28. The molecule has 1 amide bonds. The predicted molar refractivity (Wildman–Crippen MR) is 106 cm³/mol. The average Bonchev–Trinajstić information content (AvgIpc) is 3.12. The number of aromatic nitrogens is 2. The first-order chi connectivity index (χ1) is 12.7. The number of hydrogen-bond acceptors (Lipinski definition) is 4. The third kappa shape index (κ3) is 3.86. The minimum Gasteiger partial charge on any atom is -0.497 e. The number of ether oxygens (including phenoxy) is 1. The molecule has 0 saturated carbocycles. The second-order valence-electron chi connectivity index (χ2n) is 8.28. The fourth-order valence-corrected chi connectivity index (χ4v) is 3.75. The minimum absolute atomic E-state index is 0.00904. The van der Waals surface area contributed by atoms with E-state index in [0.29, 0.717) is 13.1 Å². The van der Waals surface area contributed by atoms with Crippen LogP contribution in [0.4, 0.5) is 0 Å². The molecule has 6 nitrogen and oxygen atoms in total. The third-order valence-corrected chi connectivity index (χ3v) is 5.24. The van der Waals surface area contributed by atoms with E-state index in [1.165, 1.54) is 11.3 Å². The van der Waals surface area contributed by atoms with Crippen molar-refractivity contribution in [2.75, 3.05) is 27.2 Å². The third-order valence-electron chi connectivity index (χ3n) is 5.24. The molecule has 2 heterocycles. The summed E-state index contributed by atoms with van der Waals surface area (Å²) >= 11 is 0. The minimum atomic E-state index is -0.128. The van der Waals surface area contributed by atoms with Crippen LogP contribution >= 0.6 is 0 Å². The Balaban J connectivity index is 1.81. The van der Waals surface area contributed by atoms with Crippen molar-refractivity contribution >= 4 is 5.91 Å². The fraction of sp³-hybridized carbons (Fsp3) is 0.524. The number of imidazole rings is 1. The van der Waals surface area contributed by atoms with E-state index >= 15 is 0 Å². The first kappa shape index (κ1) is 19.4. The Morgan fingerprint density at radius 3 is 2.41 bits per heavy atom. The number of nitrogens with zero attached hydrogens (tertiary/aromatic N) is 4. The zero-order chi connectivity index (χ0) is 19.8. The van der Waals surface area contributed by atoms with Gasteiger partial charge in [0.15, 0.2) is 0 Å². The van der Waals surface area contributed by atoms with Gasteiger partial charge < -0.3 is 14.2 Å². The Kier molecular flexibility index (Phi) is 5.29. The molecule has 0 spiro atoms. The highest BCUT2D eigenvalue weighted by atomic mass is 16.5. The highest BCUT2D eigenvalue weighted by molar-refractivity contribution is 5.80. The van der Waals surface area contributed by atoms with Gasteiger partial charge in [-0.25, -0.2) is 4.98 Å². The first-order valence-corrected chi connectivity index (χ1v) is 9.37. The second kappa shape index (κ2) is 7.35. The van der Waals surface area contributed by atoms with Crippen molar-refractivity contribution in [2.45, 2.75) is 38.8 Å². The van der Waals surface area contributed by atoms with Crippen LogP contribution in [0.2, 0.25) is 0 Å². The quantitative estimate of drug-likeness (QED) is 0.812. The zero-order valence-electron chi connectivity index (χ0n) is 17.2. The van der Waals surface area contributed by atoms with Crippen molar-refractivity contribution in [3.63, 3.8) is 0 Å². The molecule has 1 aromatic carbocycles. The van der Waals surface area contributed by atoms with Crippen LogP contribution in [-0.2, 0) is 23.7 Å². The van der Waals surface area contributed by atoms with E-state index in [4.69, 9.17) is 4.74 Å². The highest BCUT2D eigenvalue weighted by Gasteiger charge is 2.39. The molecule has 146 valence electrons. The monoisotopic (exact) mass is 370 g/mol. The SMILES string of the molecule is COc1ccc(CCN2C(=O)CN(C)C2c2ncc(C(C)(C)C)n2C)cc1. The molecule has 1 unspecified atom stereocenters. The molecule has 0 bridgehead atoms. The Morgan fingerprint density at radius 2 is 1.85 bits per heavy atom. The zero-order valence-corrected chi connectivity index (χ0v) is 17.2. The fourth-order valence-electron chi connectivity index (χ4n) is 3.75. The Labute approximate surface area is 161 Å². The molecule has 3 rings (SSSR count). The van der Waals surface area contributed by atoms with Crippen LogP contribution in [0, 0.1) is 0 Å². The van der Waals surface area contributed by atoms with Gasteiger partial charge in [-0.05, 0) is 31.2 Å². The van der Waals surface area contributed by atoms with Gasteiger partial charge in [0, 0.05) is 30.9 Å². The molecule has 1 atom stereocenters. The summed E-state index contributed by atoms with van der Waals surface area (Å²) in [6, 6.07) is 8.02. The summed E-state index contributed by atoms with van der Waals surface area (Å²) < 4.78 is 7.35. The number of carbonyl (C=O) groups excluding carboxylic acids is 1. The molecule has 1 aliphatic heterocycles. The molecule has 1 aliphatic rings. The van der Waals surface area contributed by atoms with Crippen LogP contribution in [0.1, 0.15) is 44.0 Å². The van der Waals surface area contributed by atoms with E-state index in [-0.39, 0.29) is 17.5 Å². The van der Waals surface area contributed by atoms with Crippen molar-refractivity contribution in [1.29, 1.82) is 0 Å². The Bertz CT molecular complexity index is 805. The van der Waals surface area contributed by atoms with E-state index < -0.39 is 0 Å². The number of methoxy groups -OCH3 is 1. The number of carbonyl (C=O) groups is 1. The maximum absolute atomic E-state index is 12.6. The predicted octanol–water partition coefficient (Wildman–Crippen LogP) is 2.74. The first-order valence-electron chi connectivity index (χ1n) is 9.37. The van der Waals surface area contributed by atoms with Crippen LogP contribution < -0.4 is 4.74 Å². The van der Waals surface area contributed by atoms with E-state index in [0.717, 1.165) is 18.0 Å². The van der Waals surface area contributed by atoms with E-state index in [1.807, 2.05) is 37.3 Å². The number of likely N-dealkylation sites (N-methyl/N-ethyl adjacent to an activating group) is 1. The van der Waals surface area contributed by atoms with Gasteiger partial charge in [0.1, 0.15) is 17.7 Å². The van der Waals surface area contributed by atoms with Crippen LogP contribution in [-0.4, -0.2) is 52.5 Å². The summed E-state index contributed by atoms with van der Waals surface area (Å²) in [6.45, 7) is 7.62. The molecule has 1 saturated heterocycles. The van der Waals surface area contributed by atoms with Gasteiger partial charge >= 0.3 is 0 Å².